The van der Waals surface area contributed by atoms with Gasteiger partial charge in [-0.25, -0.2) is 0 Å². The van der Waals surface area contributed by atoms with Crippen LogP contribution in [0.1, 0.15) is 51.6 Å². The average Bonchev–Trinajstić information content (AvgIpc) is 2.51. The zero-order valence-electron chi connectivity index (χ0n) is 13.5. The van der Waals surface area contributed by atoms with Crippen molar-refractivity contribution in [1.29, 1.82) is 0 Å². The first-order chi connectivity index (χ1) is 9.71. The summed E-state index contributed by atoms with van der Waals surface area (Å²) in [6.45, 7) is 7.73. The van der Waals surface area contributed by atoms with E-state index in [1.165, 1.54) is 5.56 Å². The van der Waals surface area contributed by atoms with Gasteiger partial charge >= 0.3 is 0 Å². The molecule has 1 rings (SSSR count). The lowest BCUT2D eigenvalue weighted by Crippen LogP contribution is -2.29. The third-order valence-electron chi connectivity index (χ3n) is 3.91. The van der Waals surface area contributed by atoms with E-state index >= 15 is 0 Å². The van der Waals surface area contributed by atoms with Gasteiger partial charge in [0.2, 0.25) is 0 Å². The monoisotopic (exact) mass is 279 g/mol. The van der Waals surface area contributed by atoms with Gasteiger partial charge in [0.25, 0.3) is 0 Å². The molecule has 1 atom stereocenters. The molecule has 0 aromatic heterocycles. The Morgan fingerprint density at radius 1 is 1.05 bits per heavy atom. The van der Waals surface area contributed by atoms with Crippen LogP contribution in [-0.4, -0.2) is 20.8 Å². The Balaban J connectivity index is 3.11. The molecule has 0 fully saturated rings. The van der Waals surface area contributed by atoms with E-state index in [-0.39, 0.29) is 0 Å². The smallest absolute Gasteiger partial charge is 0.127 e. The van der Waals surface area contributed by atoms with E-state index < -0.39 is 0 Å². The number of rotatable bonds is 9. The fourth-order valence-corrected chi connectivity index (χ4v) is 2.67. The van der Waals surface area contributed by atoms with Gasteiger partial charge < -0.3 is 14.8 Å². The summed E-state index contributed by atoms with van der Waals surface area (Å²) in [7, 11) is 3.41. The van der Waals surface area contributed by atoms with Crippen molar-refractivity contribution in [2.75, 3.05) is 20.8 Å². The summed E-state index contributed by atoms with van der Waals surface area (Å²) in [6, 6.07) is 6.45. The second kappa shape index (κ2) is 8.85. The number of methoxy groups -OCH3 is 2. The summed E-state index contributed by atoms with van der Waals surface area (Å²) in [4.78, 5) is 0. The van der Waals surface area contributed by atoms with E-state index in [1.54, 1.807) is 14.2 Å². The molecule has 1 unspecified atom stereocenters. The van der Waals surface area contributed by atoms with Crippen molar-refractivity contribution in [2.45, 2.75) is 46.1 Å². The SMILES string of the molecule is CCCNC(c1ccc(OC)cc1OC)C(CC)CC. The first-order valence-corrected chi connectivity index (χ1v) is 7.66. The average molecular weight is 279 g/mol. The van der Waals surface area contributed by atoms with Crippen molar-refractivity contribution in [2.24, 2.45) is 5.92 Å². The molecule has 0 saturated carbocycles. The molecule has 1 N–H and O–H groups in total. The third-order valence-corrected chi connectivity index (χ3v) is 3.91. The van der Waals surface area contributed by atoms with E-state index in [0.29, 0.717) is 12.0 Å². The van der Waals surface area contributed by atoms with E-state index in [2.05, 4.69) is 32.2 Å². The van der Waals surface area contributed by atoms with Crippen LogP contribution in [0.2, 0.25) is 0 Å². The molecule has 1 aromatic rings. The molecule has 0 aliphatic heterocycles. The van der Waals surface area contributed by atoms with Crippen molar-refractivity contribution in [3.8, 4) is 11.5 Å². The second-order valence-electron chi connectivity index (χ2n) is 5.12. The molecule has 3 nitrogen and oxygen atoms in total. The van der Waals surface area contributed by atoms with Crippen molar-refractivity contribution >= 4 is 0 Å². The molecular weight excluding hydrogens is 250 g/mol. The van der Waals surface area contributed by atoms with Crippen LogP contribution in [-0.2, 0) is 0 Å². The number of hydrogen-bond donors (Lipinski definition) is 1. The topological polar surface area (TPSA) is 30.5 Å². The summed E-state index contributed by atoms with van der Waals surface area (Å²) >= 11 is 0. The third kappa shape index (κ3) is 4.14. The summed E-state index contributed by atoms with van der Waals surface area (Å²) < 4.78 is 10.9. The molecule has 0 heterocycles. The zero-order valence-corrected chi connectivity index (χ0v) is 13.5. The Morgan fingerprint density at radius 2 is 1.75 bits per heavy atom. The maximum atomic E-state index is 5.57. The zero-order chi connectivity index (χ0) is 15.0. The fraction of sp³-hybridized carbons (Fsp3) is 0.647. The predicted octanol–water partition coefficient (Wildman–Crippen LogP) is 4.18. The Kier molecular flexibility index (Phi) is 7.45. The predicted molar refractivity (Wildman–Crippen MR) is 84.7 cm³/mol. The van der Waals surface area contributed by atoms with Gasteiger partial charge in [-0.3, -0.25) is 0 Å². The van der Waals surface area contributed by atoms with Crippen molar-refractivity contribution in [3.05, 3.63) is 23.8 Å². The molecule has 0 radical (unpaired) electrons. The molecule has 0 aliphatic rings. The Hall–Kier alpha value is -1.22. The van der Waals surface area contributed by atoms with Crippen LogP contribution in [0.4, 0.5) is 0 Å². The largest absolute Gasteiger partial charge is 0.497 e. The van der Waals surface area contributed by atoms with Crippen LogP contribution in [0.25, 0.3) is 0 Å². The lowest BCUT2D eigenvalue weighted by atomic mass is 9.88. The summed E-state index contributed by atoms with van der Waals surface area (Å²) in [5, 5.41) is 3.68. The molecule has 20 heavy (non-hydrogen) atoms. The number of nitrogens with one attached hydrogen (secondary N) is 1. The quantitative estimate of drug-likeness (QED) is 0.735. The lowest BCUT2D eigenvalue weighted by Gasteiger charge is -2.28. The minimum Gasteiger partial charge on any atom is -0.497 e. The van der Waals surface area contributed by atoms with Gasteiger partial charge in [-0.05, 0) is 24.9 Å². The maximum absolute atomic E-state index is 5.57. The standard InChI is InChI=1S/C17H29NO2/c1-6-11-18-17(13(7-2)8-3)15-10-9-14(19-4)12-16(15)20-5/h9-10,12-13,17-18H,6-8,11H2,1-5H3. The Morgan fingerprint density at radius 3 is 2.25 bits per heavy atom. The van der Waals surface area contributed by atoms with Crippen LogP contribution in [0.15, 0.2) is 18.2 Å². The van der Waals surface area contributed by atoms with Crippen molar-refractivity contribution < 1.29 is 9.47 Å². The van der Waals surface area contributed by atoms with E-state index in [0.717, 1.165) is 37.3 Å². The summed E-state index contributed by atoms with van der Waals surface area (Å²) in [5.41, 5.74) is 1.23. The Labute approximate surface area is 123 Å². The van der Waals surface area contributed by atoms with Gasteiger partial charge in [-0.1, -0.05) is 39.7 Å². The lowest BCUT2D eigenvalue weighted by molar-refractivity contribution is 0.324. The normalized spacial score (nSPS) is 12.5. The van der Waals surface area contributed by atoms with Crippen LogP contribution < -0.4 is 14.8 Å². The molecule has 0 amide bonds. The highest BCUT2D eigenvalue weighted by Crippen LogP contribution is 2.35. The van der Waals surface area contributed by atoms with Crippen LogP contribution >= 0.6 is 0 Å². The van der Waals surface area contributed by atoms with Gasteiger partial charge in [-0.2, -0.15) is 0 Å². The highest BCUT2D eigenvalue weighted by atomic mass is 16.5. The minimum absolute atomic E-state index is 0.339. The number of hydrogen-bond acceptors (Lipinski definition) is 3. The molecule has 1 aromatic carbocycles. The van der Waals surface area contributed by atoms with Crippen LogP contribution in [0.3, 0.4) is 0 Å². The van der Waals surface area contributed by atoms with E-state index in [1.807, 2.05) is 12.1 Å². The van der Waals surface area contributed by atoms with Gasteiger partial charge in [0, 0.05) is 17.7 Å². The molecule has 114 valence electrons. The molecule has 0 aliphatic carbocycles. The van der Waals surface area contributed by atoms with Crippen molar-refractivity contribution in [1.82, 2.24) is 5.32 Å². The van der Waals surface area contributed by atoms with E-state index in [4.69, 9.17) is 9.47 Å². The van der Waals surface area contributed by atoms with Crippen LogP contribution in [0, 0.1) is 5.92 Å². The highest BCUT2D eigenvalue weighted by Gasteiger charge is 2.23. The van der Waals surface area contributed by atoms with Gasteiger partial charge in [0.1, 0.15) is 11.5 Å². The molecular formula is C17H29NO2. The number of ether oxygens (including phenoxy) is 2. The fourth-order valence-electron chi connectivity index (χ4n) is 2.67. The van der Waals surface area contributed by atoms with Gasteiger partial charge in [0.05, 0.1) is 14.2 Å². The minimum atomic E-state index is 0.339. The van der Waals surface area contributed by atoms with E-state index in [9.17, 15) is 0 Å². The molecule has 0 saturated heterocycles. The highest BCUT2D eigenvalue weighted by molar-refractivity contribution is 5.42. The van der Waals surface area contributed by atoms with Gasteiger partial charge in [-0.15, -0.1) is 0 Å². The first kappa shape index (κ1) is 16.8. The maximum Gasteiger partial charge on any atom is 0.127 e. The Bertz CT molecular complexity index is 389. The summed E-state index contributed by atoms with van der Waals surface area (Å²) in [5.74, 6) is 2.36. The number of benzene rings is 1. The molecule has 0 spiro atoms. The first-order valence-electron chi connectivity index (χ1n) is 7.66. The van der Waals surface area contributed by atoms with Crippen molar-refractivity contribution in [3.63, 3.8) is 0 Å². The molecule has 0 bridgehead atoms. The van der Waals surface area contributed by atoms with Gasteiger partial charge in [0.15, 0.2) is 0 Å². The summed E-state index contributed by atoms with van der Waals surface area (Å²) in [6.07, 6.45) is 3.45. The second-order valence-corrected chi connectivity index (χ2v) is 5.12. The van der Waals surface area contributed by atoms with Crippen LogP contribution in [0.5, 0.6) is 11.5 Å². The molecule has 3 heteroatoms.